The molecule has 2 saturated carbocycles. The van der Waals surface area contributed by atoms with Crippen LogP contribution in [-0.4, -0.2) is 22.3 Å². The van der Waals surface area contributed by atoms with Gasteiger partial charge in [0.1, 0.15) is 11.4 Å². The third-order valence-corrected chi connectivity index (χ3v) is 4.03. The van der Waals surface area contributed by atoms with Gasteiger partial charge in [-0.2, -0.15) is 0 Å². The molecule has 0 spiro atoms. The molecule has 0 aromatic rings. The van der Waals surface area contributed by atoms with Crippen molar-refractivity contribution >= 4 is 11.6 Å². The van der Waals surface area contributed by atoms with E-state index in [0.29, 0.717) is 25.7 Å². The number of aliphatic hydroxyl groups is 1. The van der Waals surface area contributed by atoms with Crippen LogP contribution in [0.1, 0.15) is 45.4 Å². The van der Waals surface area contributed by atoms with Crippen LogP contribution in [0, 0.1) is 5.41 Å². The first-order valence-electron chi connectivity index (χ1n) is 5.30. The molecule has 2 atom stereocenters. The van der Waals surface area contributed by atoms with Crippen molar-refractivity contribution < 1.29 is 14.7 Å². The van der Waals surface area contributed by atoms with Crippen molar-refractivity contribution in [1.29, 1.82) is 0 Å². The van der Waals surface area contributed by atoms with Gasteiger partial charge in [0.2, 0.25) is 0 Å². The van der Waals surface area contributed by atoms with Crippen molar-refractivity contribution in [1.82, 2.24) is 0 Å². The molecule has 0 amide bonds. The van der Waals surface area contributed by atoms with Crippen LogP contribution in [0.25, 0.3) is 0 Å². The van der Waals surface area contributed by atoms with Gasteiger partial charge in [0, 0.05) is 12.8 Å². The number of fused-ring (bicyclic) bond motifs is 1. The summed E-state index contributed by atoms with van der Waals surface area (Å²) in [6.07, 6.45) is 3.47. The summed E-state index contributed by atoms with van der Waals surface area (Å²) in [5.74, 6) is -0.0569. The molecule has 0 bridgehead atoms. The topological polar surface area (TPSA) is 54.4 Å². The fourth-order valence-electron chi connectivity index (χ4n) is 2.81. The highest BCUT2D eigenvalue weighted by Crippen LogP contribution is 2.49. The molecule has 0 unspecified atom stereocenters. The molecule has 2 aliphatic carbocycles. The third-order valence-electron chi connectivity index (χ3n) is 4.03. The average Bonchev–Trinajstić information content (AvgIpc) is 2.31. The maximum absolute atomic E-state index is 11.9. The van der Waals surface area contributed by atoms with Crippen LogP contribution in [0.15, 0.2) is 0 Å². The highest BCUT2D eigenvalue weighted by Gasteiger charge is 2.60. The minimum atomic E-state index is -1.35. The third kappa shape index (κ3) is 1.02. The SMILES string of the molecule is C[C@]12CCC(=O)[C@@]1(O)CCCCC2=O. The number of Topliss-reactive ketones (excluding diaryl/α,β-unsaturated/α-hetero) is 2. The predicted molar refractivity (Wildman–Crippen MR) is 50.8 cm³/mol. The van der Waals surface area contributed by atoms with Crippen LogP contribution in [-0.2, 0) is 9.59 Å². The smallest absolute Gasteiger partial charge is 0.165 e. The fraction of sp³-hybridized carbons (Fsp3) is 0.818. The van der Waals surface area contributed by atoms with E-state index in [2.05, 4.69) is 0 Å². The standard InChI is InChI=1S/C11H16O3/c1-10-7-5-9(13)11(10,14)6-3-2-4-8(10)12/h14H,2-7H2,1H3/t10-,11+/m1/s1. The summed E-state index contributed by atoms with van der Waals surface area (Å²) >= 11 is 0. The van der Waals surface area contributed by atoms with E-state index in [-0.39, 0.29) is 11.6 Å². The maximum Gasteiger partial charge on any atom is 0.165 e. The molecule has 0 saturated heterocycles. The van der Waals surface area contributed by atoms with Crippen LogP contribution in [0.2, 0.25) is 0 Å². The van der Waals surface area contributed by atoms with Crippen molar-refractivity contribution in [3.63, 3.8) is 0 Å². The summed E-state index contributed by atoms with van der Waals surface area (Å²) in [4.78, 5) is 23.5. The molecule has 0 radical (unpaired) electrons. The van der Waals surface area contributed by atoms with E-state index in [0.717, 1.165) is 12.8 Å². The van der Waals surface area contributed by atoms with Gasteiger partial charge in [-0.15, -0.1) is 0 Å². The molecule has 2 aliphatic rings. The number of hydrogen-bond acceptors (Lipinski definition) is 3. The second kappa shape index (κ2) is 2.89. The lowest BCUT2D eigenvalue weighted by atomic mass is 9.71. The molecule has 2 rings (SSSR count). The first kappa shape index (κ1) is 9.84. The van der Waals surface area contributed by atoms with E-state index in [1.165, 1.54) is 0 Å². The first-order valence-corrected chi connectivity index (χ1v) is 5.30. The minimum absolute atomic E-state index is 0.0725. The van der Waals surface area contributed by atoms with Crippen LogP contribution in [0.3, 0.4) is 0 Å². The van der Waals surface area contributed by atoms with Crippen molar-refractivity contribution in [3.8, 4) is 0 Å². The zero-order chi connectivity index (χ0) is 10.4. The molecule has 0 aliphatic heterocycles. The Bertz CT molecular complexity index is 295. The monoisotopic (exact) mass is 196 g/mol. The molecule has 0 aromatic heterocycles. The van der Waals surface area contributed by atoms with E-state index < -0.39 is 11.0 Å². The van der Waals surface area contributed by atoms with Gasteiger partial charge in [-0.3, -0.25) is 9.59 Å². The quantitative estimate of drug-likeness (QED) is 0.634. The van der Waals surface area contributed by atoms with Gasteiger partial charge in [0.25, 0.3) is 0 Å². The lowest BCUT2D eigenvalue weighted by Crippen LogP contribution is -2.50. The van der Waals surface area contributed by atoms with Gasteiger partial charge < -0.3 is 5.11 Å². The average molecular weight is 196 g/mol. The van der Waals surface area contributed by atoms with Crippen molar-refractivity contribution in [2.75, 3.05) is 0 Å². The van der Waals surface area contributed by atoms with Gasteiger partial charge in [0.05, 0.1) is 5.41 Å². The summed E-state index contributed by atoms with van der Waals surface area (Å²) in [5, 5.41) is 10.3. The van der Waals surface area contributed by atoms with E-state index in [9.17, 15) is 14.7 Å². The molecule has 78 valence electrons. The number of carbonyl (C=O) groups excluding carboxylic acids is 2. The molecular weight excluding hydrogens is 180 g/mol. The summed E-state index contributed by atoms with van der Waals surface area (Å²) in [7, 11) is 0. The number of carbonyl (C=O) groups is 2. The molecule has 3 nitrogen and oxygen atoms in total. The summed E-state index contributed by atoms with van der Waals surface area (Å²) in [5.41, 5.74) is -2.14. The Labute approximate surface area is 83.5 Å². The Kier molecular flexibility index (Phi) is 2.03. The van der Waals surface area contributed by atoms with Gasteiger partial charge in [-0.1, -0.05) is 0 Å². The highest BCUT2D eigenvalue weighted by atomic mass is 16.3. The van der Waals surface area contributed by atoms with E-state index in [4.69, 9.17) is 0 Å². The van der Waals surface area contributed by atoms with Gasteiger partial charge in [-0.05, 0) is 32.6 Å². The lowest BCUT2D eigenvalue weighted by Gasteiger charge is -2.35. The van der Waals surface area contributed by atoms with Crippen LogP contribution in [0.4, 0.5) is 0 Å². The Morgan fingerprint density at radius 1 is 1.07 bits per heavy atom. The van der Waals surface area contributed by atoms with Crippen molar-refractivity contribution in [2.24, 2.45) is 5.41 Å². The van der Waals surface area contributed by atoms with Crippen molar-refractivity contribution in [3.05, 3.63) is 0 Å². The fourth-order valence-corrected chi connectivity index (χ4v) is 2.81. The minimum Gasteiger partial charge on any atom is -0.381 e. The largest absolute Gasteiger partial charge is 0.381 e. The summed E-state index contributed by atoms with van der Waals surface area (Å²) in [6.45, 7) is 1.76. The summed E-state index contributed by atoms with van der Waals surface area (Å²) < 4.78 is 0. The maximum atomic E-state index is 11.9. The van der Waals surface area contributed by atoms with Gasteiger partial charge in [-0.25, -0.2) is 0 Å². The number of rotatable bonds is 0. The zero-order valence-corrected chi connectivity index (χ0v) is 8.51. The summed E-state index contributed by atoms with van der Waals surface area (Å²) in [6, 6.07) is 0. The normalized spacial score (nSPS) is 43.6. The molecule has 14 heavy (non-hydrogen) atoms. The molecule has 0 aromatic carbocycles. The highest BCUT2D eigenvalue weighted by molar-refractivity contribution is 6.00. The van der Waals surface area contributed by atoms with Gasteiger partial charge in [0.15, 0.2) is 5.78 Å². The Hall–Kier alpha value is -0.700. The Morgan fingerprint density at radius 2 is 1.79 bits per heavy atom. The second-order valence-electron chi connectivity index (χ2n) is 4.75. The molecule has 1 N–H and O–H groups in total. The Morgan fingerprint density at radius 3 is 2.50 bits per heavy atom. The lowest BCUT2D eigenvalue weighted by molar-refractivity contribution is -0.152. The predicted octanol–water partition coefficient (Wildman–Crippen LogP) is 1.23. The molecule has 2 fully saturated rings. The van der Waals surface area contributed by atoms with Crippen LogP contribution < -0.4 is 0 Å². The van der Waals surface area contributed by atoms with Crippen molar-refractivity contribution in [2.45, 2.75) is 51.0 Å². The first-order chi connectivity index (χ1) is 6.51. The van der Waals surface area contributed by atoms with E-state index >= 15 is 0 Å². The number of ketones is 2. The Balaban J connectivity index is 2.45. The van der Waals surface area contributed by atoms with Crippen LogP contribution in [0.5, 0.6) is 0 Å². The number of hydrogen-bond donors (Lipinski definition) is 1. The second-order valence-corrected chi connectivity index (χ2v) is 4.75. The van der Waals surface area contributed by atoms with E-state index in [1.54, 1.807) is 6.92 Å². The van der Waals surface area contributed by atoms with E-state index in [1.807, 2.05) is 0 Å². The molecular formula is C11H16O3. The molecule has 3 heteroatoms. The molecule has 0 heterocycles. The van der Waals surface area contributed by atoms with Gasteiger partial charge >= 0.3 is 0 Å². The zero-order valence-electron chi connectivity index (χ0n) is 8.51. The van der Waals surface area contributed by atoms with Crippen LogP contribution >= 0.6 is 0 Å².